The van der Waals surface area contributed by atoms with Gasteiger partial charge in [-0.3, -0.25) is 14.3 Å². The summed E-state index contributed by atoms with van der Waals surface area (Å²) in [5, 5.41) is 9.95. The molecular weight excluding hydrogens is 322 g/mol. The second kappa shape index (κ2) is 6.37. The zero-order valence-electron chi connectivity index (χ0n) is 13.0. The molecule has 1 aliphatic rings. The van der Waals surface area contributed by atoms with E-state index in [1.165, 1.54) is 11.0 Å². The van der Waals surface area contributed by atoms with E-state index in [1.54, 1.807) is 11.6 Å². The van der Waals surface area contributed by atoms with Gasteiger partial charge in [0, 0.05) is 20.1 Å². The van der Waals surface area contributed by atoms with E-state index >= 15 is 0 Å². The quantitative estimate of drug-likeness (QED) is 0.764. The Morgan fingerprint density at radius 1 is 1.30 bits per heavy atom. The molecule has 9 heteroatoms. The first-order valence-corrected chi connectivity index (χ1v) is 8.25. The molecule has 2 aromatic heterocycles. The Morgan fingerprint density at radius 2 is 2.00 bits per heavy atom. The zero-order chi connectivity index (χ0) is 16.6. The summed E-state index contributed by atoms with van der Waals surface area (Å²) in [6.07, 6.45) is 2.47. The number of H-pyrrole nitrogens is 1. The van der Waals surface area contributed by atoms with Crippen molar-refractivity contribution in [2.75, 3.05) is 23.9 Å². The molecule has 126 valence electrons. The van der Waals surface area contributed by atoms with Crippen molar-refractivity contribution in [3.63, 3.8) is 0 Å². The van der Waals surface area contributed by atoms with Gasteiger partial charge in [0.25, 0.3) is 5.56 Å². The summed E-state index contributed by atoms with van der Waals surface area (Å²) < 4.78 is 2.99. The molecule has 0 amide bonds. The molecule has 1 atom stereocenters. The van der Waals surface area contributed by atoms with Gasteiger partial charge in [-0.25, -0.2) is 4.79 Å². The number of aliphatic hydroxyl groups is 1. The second-order valence-corrected chi connectivity index (χ2v) is 6.18. The van der Waals surface area contributed by atoms with Crippen molar-refractivity contribution in [2.24, 2.45) is 7.05 Å². The SMILES string of the molecule is Cn1c(=O)[nH]c(=O)c2c1nc(N1CCCCC1)n2C[C@@H](O)CCl. The lowest BCUT2D eigenvalue weighted by molar-refractivity contribution is 0.178. The lowest BCUT2D eigenvalue weighted by atomic mass is 10.1. The number of aliphatic hydroxyl groups excluding tert-OH is 1. The molecule has 1 aliphatic heterocycles. The third-order valence-corrected chi connectivity index (χ3v) is 4.55. The molecule has 0 saturated carbocycles. The van der Waals surface area contributed by atoms with Crippen LogP contribution in [0.5, 0.6) is 0 Å². The van der Waals surface area contributed by atoms with E-state index in [-0.39, 0.29) is 17.9 Å². The number of nitrogens with zero attached hydrogens (tertiary/aromatic N) is 4. The summed E-state index contributed by atoms with van der Waals surface area (Å²) in [5.74, 6) is 0.665. The van der Waals surface area contributed by atoms with Gasteiger partial charge < -0.3 is 14.6 Å². The molecule has 1 fully saturated rings. The van der Waals surface area contributed by atoms with Gasteiger partial charge in [0.2, 0.25) is 5.95 Å². The van der Waals surface area contributed by atoms with Crippen molar-refractivity contribution in [2.45, 2.75) is 31.9 Å². The van der Waals surface area contributed by atoms with E-state index in [2.05, 4.69) is 14.9 Å². The van der Waals surface area contributed by atoms with Gasteiger partial charge in [-0.05, 0) is 19.3 Å². The van der Waals surface area contributed by atoms with E-state index in [4.69, 9.17) is 11.6 Å². The normalized spacial score (nSPS) is 16.9. The minimum atomic E-state index is -0.797. The third-order valence-electron chi connectivity index (χ3n) is 4.20. The number of piperidine rings is 1. The van der Waals surface area contributed by atoms with Gasteiger partial charge in [0.1, 0.15) is 0 Å². The topological polar surface area (TPSA) is 96.1 Å². The van der Waals surface area contributed by atoms with E-state index in [0.717, 1.165) is 25.9 Å². The van der Waals surface area contributed by atoms with Gasteiger partial charge in [-0.2, -0.15) is 4.98 Å². The maximum absolute atomic E-state index is 12.3. The summed E-state index contributed by atoms with van der Waals surface area (Å²) >= 11 is 5.72. The van der Waals surface area contributed by atoms with Crippen LogP contribution in [-0.4, -0.2) is 49.3 Å². The molecule has 2 aromatic rings. The molecule has 0 aliphatic carbocycles. The van der Waals surface area contributed by atoms with E-state index in [0.29, 0.717) is 11.6 Å². The number of imidazole rings is 1. The summed E-state index contributed by atoms with van der Waals surface area (Å²) in [6, 6.07) is 0. The number of nitrogens with one attached hydrogen (secondary N) is 1. The number of alkyl halides is 1. The van der Waals surface area contributed by atoms with Crippen molar-refractivity contribution in [1.82, 2.24) is 19.1 Å². The number of hydrogen-bond donors (Lipinski definition) is 2. The predicted octanol–water partition coefficient (Wildman–Crippen LogP) is 0.0133. The fourth-order valence-corrected chi connectivity index (χ4v) is 3.09. The Kier molecular flexibility index (Phi) is 4.45. The van der Waals surface area contributed by atoms with Crippen LogP contribution in [-0.2, 0) is 13.6 Å². The van der Waals surface area contributed by atoms with Gasteiger partial charge in [0.15, 0.2) is 11.2 Å². The van der Waals surface area contributed by atoms with Crippen LogP contribution < -0.4 is 16.1 Å². The number of aryl methyl sites for hydroxylation is 1. The van der Waals surface area contributed by atoms with Crippen LogP contribution in [0, 0.1) is 0 Å². The highest BCUT2D eigenvalue weighted by Gasteiger charge is 2.23. The molecular formula is C14H20ClN5O3. The molecule has 0 unspecified atom stereocenters. The van der Waals surface area contributed by atoms with Crippen molar-refractivity contribution in [3.8, 4) is 0 Å². The van der Waals surface area contributed by atoms with Crippen LogP contribution >= 0.6 is 11.6 Å². The Hall–Kier alpha value is -1.80. The van der Waals surface area contributed by atoms with Crippen LogP contribution in [0.25, 0.3) is 11.2 Å². The summed E-state index contributed by atoms with van der Waals surface area (Å²) in [4.78, 5) is 33.0. The summed E-state index contributed by atoms with van der Waals surface area (Å²) in [5.41, 5.74) is -0.395. The van der Waals surface area contributed by atoms with Gasteiger partial charge >= 0.3 is 5.69 Å². The standard InChI is InChI=1S/C14H20ClN5O3/c1-18-11-10(12(22)17-14(18)23)20(8-9(21)7-15)13(16-11)19-5-3-2-4-6-19/h9,21H,2-8H2,1H3,(H,17,22,23)/t9-/m0/s1. The molecule has 8 nitrogen and oxygen atoms in total. The van der Waals surface area contributed by atoms with Crippen molar-refractivity contribution >= 4 is 28.7 Å². The van der Waals surface area contributed by atoms with Crippen LogP contribution in [0.2, 0.25) is 0 Å². The Morgan fingerprint density at radius 3 is 2.65 bits per heavy atom. The first-order valence-electron chi connectivity index (χ1n) is 7.71. The minimum absolute atomic E-state index is 0.0583. The smallest absolute Gasteiger partial charge is 0.329 e. The first kappa shape index (κ1) is 16.1. The number of hydrogen-bond acceptors (Lipinski definition) is 5. The lowest BCUT2D eigenvalue weighted by Crippen LogP contribution is -2.33. The Labute approximate surface area is 137 Å². The number of aromatic amines is 1. The highest BCUT2D eigenvalue weighted by atomic mass is 35.5. The largest absolute Gasteiger partial charge is 0.390 e. The Balaban J connectivity index is 2.22. The average Bonchev–Trinajstić information content (AvgIpc) is 2.93. The highest BCUT2D eigenvalue weighted by Crippen LogP contribution is 2.23. The third kappa shape index (κ3) is 2.88. The van der Waals surface area contributed by atoms with Crippen LogP contribution in [0.1, 0.15) is 19.3 Å². The first-order chi connectivity index (χ1) is 11.0. The number of aromatic nitrogens is 4. The van der Waals surface area contributed by atoms with E-state index in [9.17, 15) is 14.7 Å². The van der Waals surface area contributed by atoms with Gasteiger partial charge in [-0.15, -0.1) is 11.6 Å². The molecule has 23 heavy (non-hydrogen) atoms. The maximum atomic E-state index is 12.3. The van der Waals surface area contributed by atoms with Gasteiger partial charge in [0.05, 0.1) is 18.5 Å². The maximum Gasteiger partial charge on any atom is 0.329 e. The molecule has 0 radical (unpaired) electrons. The van der Waals surface area contributed by atoms with Crippen LogP contribution in [0.4, 0.5) is 5.95 Å². The molecule has 3 rings (SSSR count). The van der Waals surface area contributed by atoms with Crippen LogP contribution in [0.3, 0.4) is 0 Å². The highest BCUT2D eigenvalue weighted by molar-refractivity contribution is 6.18. The fraction of sp³-hybridized carbons (Fsp3) is 0.643. The number of halogens is 1. The molecule has 0 spiro atoms. The van der Waals surface area contributed by atoms with Crippen molar-refractivity contribution in [3.05, 3.63) is 20.8 Å². The molecule has 3 heterocycles. The van der Waals surface area contributed by atoms with Gasteiger partial charge in [-0.1, -0.05) is 0 Å². The second-order valence-electron chi connectivity index (χ2n) is 5.87. The average molecular weight is 342 g/mol. The molecule has 0 aromatic carbocycles. The fourth-order valence-electron chi connectivity index (χ4n) is 2.99. The lowest BCUT2D eigenvalue weighted by Gasteiger charge is -2.28. The van der Waals surface area contributed by atoms with Crippen molar-refractivity contribution < 1.29 is 5.11 Å². The molecule has 2 N–H and O–H groups in total. The van der Waals surface area contributed by atoms with Crippen molar-refractivity contribution in [1.29, 1.82) is 0 Å². The monoisotopic (exact) mass is 341 g/mol. The molecule has 0 bridgehead atoms. The number of anilines is 1. The minimum Gasteiger partial charge on any atom is -0.390 e. The Bertz CT molecular complexity index is 818. The predicted molar refractivity (Wildman–Crippen MR) is 88.4 cm³/mol. The molecule has 1 saturated heterocycles. The summed E-state index contributed by atoms with van der Waals surface area (Å²) in [7, 11) is 1.57. The van der Waals surface area contributed by atoms with E-state index in [1.807, 2.05) is 0 Å². The number of fused-ring (bicyclic) bond motifs is 1. The summed E-state index contributed by atoms with van der Waals surface area (Å²) in [6.45, 7) is 1.84. The number of rotatable bonds is 4. The van der Waals surface area contributed by atoms with E-state index < -0.39 is 17.4 Å². The zero-order valence-corrected chi connectivity index (χ0v) is 13.7. The van der Waals surface area contributed by atoms with Crippen LogP contribution in [0.15, 0.2) is 9.59 Å².